The van der Waals surface area contributed by atoms with E-state index in [9.17, 15) is 0 Å². The summed E-state index contributed by atoms with van der Waals surface area (Å²) in [5.74, 6) is 1.88. The van der Waals surface area contributed by atoms with Crippen LogP contribution in [0.15, 0.2) is 23.3 Å². The third kappa shape index (κ3) is 5.12. The van der Waals surface area contributed by atoms with Crippen LogP contribution in [0.4, 0.5) is 0 Å². The average molecular weight is 266 g/mol. The van der Waals surface area contributed by atoms with E-state index >= 15 is 0 Å². The first-order valence-electron chi connectivity index (χ1n) is 7.62. The minimum absolute atomic E-state index is 0.572. The Morgan fingerprint density at radius 3 is 2.42 bits per heavy atom. The average Bonchev–Trinajstić information content (AvgIpc) is 2.38. The van der Waals surface area contributed by atoms with Gasteiger partial charge >= 0.3 is 0 Å². The van der Waals surface area contributed by atoms with Gasteiger partial charge < -0.3 is 9.47 Å². The van der Waals surface area contributed by atoms with Gasteiger partial charge in [-0.05, 0) is 42.2 Å². The number of hydrogen-bond donors (Lipinski definition) is 0. The second-order valence-corrected chi connectivity index (χ2v) is 5.87. The van der Waals surface area contributed by atoms with Crippen LogP contribution >= 0.6 is 0 Å². The molecule has 2 nitrogen and oxygen atoms in total. The Morgan fingerprint density at radius 2 is 1.84 bits per heavy atom. The number of hydrogen-bond acceptors (Lipinski definition) is 2. The van der Waals surface area contributed by atoms with E-state index < -0.39 is 0 Å². The van der Waals surface area contributed by atoms with Crippen LogP contribution in [0, 0.1) is 17.8 Å². The van der Waals surface area contributed by atoms with E-state index in [-0.39, 0.29) is 0 Å². The minimum Gasteiger partial charge on any atom is -0.379 e. The summed E-state index contributed by atoms with van der Waals surface area (Å²) < 4.78 is 11.1. The van der Waals surface area contributed by atoms with Gasteiger partial charge in [0, 0.05) is 6.61 Å². The highest BCUT2D eigenvalue weighted by molar-refractivity contribution is 5.33. The first-order chi connectivity index (χ1) is 9.07. The van der Waals surface area contributed by atoms with Crippen molar-refractivity contribution >= 4 is 0 Å². The maximum atomic E-state index is 5.82. The SMILES string of the molecule is CCOCCOCC1=C(C(C)C)C=CCC1C(C)C. The van der Waals surface area contributed by atoms with Crippen LogP contribution in [0.3, 0.4) is 0 Å². The van der Waals surface area contributed by atoms with E-state index in [1.165, 1.54) is 11.1 Å². The third-order valence-electron chi connectivity index (χ3n) is 3.77. The lowest BCUT2D eigenvalue weighted by Crippen LogP contribution is -2.21. The molecule has 1 aliphatic rings. The predicted molar refractivity (Wildman–Crippen MR) is 81.3 cm³/mol. The summed E-state index contributed by atoms with van der Waals surface area (Å²) in [6.45, 7) is 14.1. The third-order valence-corrected chi connectivity index (χ3v) is 3.77. The summed E-state index contributed by atoms with van der Waals surface area (Å²) in [6.07, 6.45) is 5.77. The fraction of sp³-hybridized carbons (Fsp3) is 0.765. The highest BCUT2D eigenvalue weighted by Gasteiger charge is 2.23. The maximum Gasteiger partial charge on any atom is 0.0704 e. The van der Waals surface area contributed by atoms with Gasteiger partial charge in [-0.3, -0.25) is 0 Å². The zero-order chi connectivity index (χ0) is 14.3. The van der Waals surface area contributed by atoms with Crippen LogP contribution < -0.4 is 0 Å². The van der Waals surface area contributed by atoms with Crippen molar-refractivity contribution in [3.8, 4) is 0 Å². The molecular formula is C17H30O2. The van der Waals surface area contributed by atoms with Crippen LogP contribution in [0.5, 0.6) is 0 Å². The molecule has 0 fully saturated rings. The van der Waals surface area contributed by atoms with Gasteiger partial charge in [0.05, 0.1) is 19.8 Å². The summed E-state index contributed by atoms with van der Waals surface area (Å²) in [5.41, 5.74) is 2.98. The molecule has 1 unspecified atom stereocenters. The molecule has 0 N–H and O–H groups in total. The van der Waals surface area contributed by atoms with Gasteiger partial charge in [-0.25, -0.2) is 0 Å². The van der Waals surface area contributed by atoms with Crippen molar-refractivity contribution in [2.24, 2.45) is 17.8 Å². The van der Waals surface area contributed by atoms with Gasteiger partial charge in [0.15, 0.2) is 0 Å². The lowest BCUT2D eigenvalue weighted by atomic mass is 9.77. The molecule has 110 valence electrons. The van der Waals surface area contributed by atoms with Crippen LogP contribution in [0.25, 0.3) is 0 Å². The Morgan fingerprint density at radius 1 is 1.16 bits per heavy atom. The van der Waals surface area contributed by atoms with E-state index in [1.54, 1.807) is 0 Å². The standard InChI is InChI=1S/C17H30O2/c1-6-18-10-11-19-12-17-15(13(2)3)8-7-9-16(17)14(4)5/h7-8,13-14,16H,6,9-12H2,1-5H3. The number of allylic oxidation sites excluding steroid dienone is 3. The van der Waals surface area contributed by atoms with Crippen molar-refractivity contribution in [1.29, 1.82) is 0 Å². The molecule has 1 atom stereocenters. The molecule has 2 heteroatoms. The van der Waals surface area contributed by atoms with Crippen molar-refractivity contribution in [2.75, 3.05) is 26.4 Å². The molecule has 0 aromatic heterocycles. The first kappa shape index (κ1) is 16.5. The fourth-order valence-electron chi connectivity index (χ4n) is 2.68. The van der Waals surface area contributed by atoms with Crippen molar-refractivity contribution in [3.63, 3.8) is 0 Å². The Labute approximate surface area is 118 Å². The molecule has 0 radical (unpaired) electrons. The molecule has 0 saturated heterocycles. The Balaban J connectivity index is 2.66. The van der Waals surface area contributed by atoms with Crippen molar-refractivity contribution in [3.05, 3.63) is 23.3 Å². The van der Waals surface area contributed by atoms with Crippen molar-refractivity contribution in [2.45, 2.75) is 41.0 Å². The van der Waals surface area contributed by atoms with Crippen LogP contribution in [0.2, 0.25) is 0 Å². The molecular weight excluding hydrogens is 236 g/mol. The zero-order valence-corrected chi connectivity index (χ0v) is 13.2. The van der Waals surface area contributed by atoms with E-state index in [4.69, 9.17) is 9.47 Å². The van der Waals surface area contributed by atoms with Gasteiger partial charge in [0.1, 0.15) is 0 Å². The molecule has 0 saturated carbocycles. The van der Waals surface area contributed by atoms with Crippen molar-refractivity contribution < 1.29 is 9.47 Å². The topological polar surface area (TPSA) is 18.5 Å². The first-order valence-corrected chi connectivity index (χ1v) is 7.62. The van der Waals surface area contributed by atoms with Crippen LogP contribution in [-0.2, 0) is 9.47 Å². The highest BCUT2D eigenvalue weighted by Crippen LogP contribution is 2.34. The van der Waals surface area contributed by atoms with Crippen LogP contribution in [0.1, 0.15) is 41.0 Å². The summed E-state index contributed by atoms with van der Waals surface area (Å²) in [5, 5.41) is 0. The summed E-state index contributed by atoms with van der Waals surface area (Å²) in [6, 6.07) is 0. The minimum atomic E-state index is 0.572. The van der Waals surface area contributed by atoms with Gasteiger partial charge in [0.2, 0.25) is 0 Å². The fourth-order valence-corrected chi connectivity index (χ4v) is 2.68. The Hall–Kier alpha value is -0.600. The Bertz CT molecular complexity index is 313. The summed E-state index contributed by atoms with van der Waals surface area (Å²) >= 11 is 0. The molecule has 0 heterocycles. The molecule has 0 aliphatic heterocycles. The van der Waals surface area contributed by atoms with E-state index in [1.807, 2.05) is 6.92 Å². The summed E-state index contributed by atoms with van der Waals surface area (Å²) in [4.78, 5) is 0. The van der Waals surface area contributed by atoms with Gasteiger partial charge in [0.25, 0.3) is 0 Å². The summed E-state index contributed by atoms with van der Waals surface area (Å²) in [7, 11) is 0. The van der Waals surface area contributed by atoms with Gasteiger partial charge in [-0.2, -0.15) is 0 Å². The van der Waals surface area contributed by atoms with Gasteiger partial charge in [-0.1, -0.05) is 39.8 Å². The number of ether oxygens (including phenoxy) is 2. The monoisotopic (exact) mass is 266 g/mol. The van der Waals surface area contributed by atoms with E-state index in [0.717, 1.165) is 19.6 Å². The molecule has 0 amide bonds. The maximum absolute atomic E-state index is 5.82. The molecule has 0 aromatic carbocycles. The molecule has 0 aromatic rings. The molecule has 0 bridgehead atoms. The predicted octanol–water partition coefficient (Wildman–Crippen LogP) is 4.22. The molecule has 1 rings (SSSR count). The van der Waals surface area contributed by atoms with Crippen LogP contribution in [-0.4, -0.2) is 26.4 Å². The van der Waals surface area contributed by atoms with E-state index in [2.05, 4.69) is 39.8 Å². The quantitative estimate of drug-likeness (QED) is 0.612. The normalized spacial score (nSPS) is 19.8. The van der Waals surface area contributed by atoms with Gasteiger partial charge in [-0.15, -0.1) is 0 Å². The lowest BCUT2D eigenvalue weighted by Gasteiger charge is -2.30. The molecule has 19 heavy (non-hydrogen) atoms. The Kier molecular flexibility index (Phi) is 7.40. The lowest BCUT2D eigenvalue weighted by molar-refractivity contribution is 0.0585. The van der Waals surface area contributed by atoms with E-state index in [0.29, 0.717) is 31.0 Å². The van der Waals surface area contributed by atoms with Crippen molar-refractivity contribution in [1.82, 2.24) is 0 Å². The smallest absolute Gasteiger partial charge is 0.0704 e. The highest BCUT2D eigenvalue weighted by atomic mass is 16.5. The molecule has 0 spiro atoms. The second-order valence-electron chi connectivity index (χ2n) is 5.87. The zero-order valence-electron chi connectivity index (χ0n) is 13.2. The largest absolute Gasteiger partial charge is 0.379 e. The molecule has 1 aliphatic carbocycles. The second kappa shape index (κ2) is 8.55. The number of rotatable bonds is 8.